The Labute approximate surface area is 127 Å². The van der Waals surface area contributed by atoms with Crippen molar-refractivity contribution in [1.29, 1.82) is 0 Å². The van der Waals surface area contributed by atoms with Crippen LogP contribution >= 0.6 is 23.6 Å². The summed E-state index contributed by atoms with van der Waals surface area (Å²) in [5.41, 5.74) is 7.75. The first-order chi connectivity index (χ1) is 9.40. The predicted octanol–water partition coefficient (Wildman–Crippen LogP) is 2.17. The number of nitrogens with two attached hydrogens (primary N) is 1. The van der Waals surface area contributed by atoms with Crippen molar-refractivity contribution in [2.45, 2.75) is 18.4 Å². The smallest absolute Gasteiger partial charge is 0.241 e. The van der Waals surface area contributed by atoms with Gasteiger partial charge in [-0.2, -0.15) is 11.3 Å². The molecule has 2 rings (SSSR count). The minimum Gasteiger partial charge on any atom is -0.389 e. The fraction of sp³-hybridized carbons (Fsp3) is 0.154. The Bertz CT molecular complexity index is 722. The summed E-state index contributed by atoms with van der Waals surface area (Å²) < 4.78 is 27.1. The van der Waals surface area contributed by atoms with E-state index in [1.807, 2.05) is 16.8 Å². The number of sulfonamides is 1. The van der Waals surface area contributed by atoms with E-state index >= 15 is 0 Å². The summed E-state index contributed by atoms with van der Waals surface area (Å²) in [4.78, 5) is 0.496. The SMILES string of the molecule is Cc1cc(C(N)=S)ccc1S(=O)(=O)NCc1ccsc1. The molecule has 7 heteroatoms. The Hall–Kier alpha value is -1.28. The topological polar surface area (TPSA) is 72.2 Å². The number of thiocarbonyl (C=S) groups is 1. The van der Waals surface area contributed by atoms with Crippen LogP contribution in [0.25, 0.3) is 0 Å². The highest BCUT2D eigenvalue weighted by Crippen LogP contribution is 2.17. The van der Waals surface area contributed by atoms with E-state index in [1.54, 1.807) is 19.1 Å². The van der Waals surface area contributed by atoms with Gasteiger partial charge in [-0.25, -0.2) is 13.1 Å². The van der Waals surface area contributed by atoms with Crippen LogP contribution in [0.2, 0.25) is 0 Å². The van der Waals surface area contributed by atoms with Crippen LogP contribution in [0.3, 0.4) is 0 Å². The van der Waals surface area contributed by atoms with Gasteiger partial charge in [-0.05, 0) is 47.0 Å². The molecule has 1 aromatic heterocycles. The number of hydrogen-bond acceptors (Lipinski definition) is 4. The van der Waals surface area contributed by atoms with Gasteiger partial charge in [-0.15, -0.1) is 0 Å². The molecule has 0 aliphatic heterocycles. The lowest BCUT2D eigenvalue weighted by Crippen LogP contribution is -2.24. The second kappa shape index (κ2) is 6.01. The van der Waals surface area contributed by atoms with E-state index < -0.39 is 10.0 Å². The normalized spacial score (nSPS) is 11.4. The second-order valence-electron chi connectivity index (χ2n) is 4.30. The Kier molecular flexibility index (Phi) is 4.54. The highest BCUT2D eigenvalue weighted by Gasteiger charge is 2.17. The maximum Gasteiger partial charge on any atom is 0.241 e. The van der Waals surface area contributed by atoms with Gasteiger partial charge in [0.1, 0.15) is 4.99 Å². The zero-order valence-corrected chi connectivity index (χ0v) is 13.2. The molecule has 3 N–H and O–H groups in total. The van der Waals surface area contributed by atoms with E-state index in [1.165, 1.54) is 17.4 Å². The summed E-state index contributed by atoms with van der Waals surface area (Å²) in [5.74, 6) is 0. The zero-order valence-electron chi connectivity index (χ0n) is 10.8. The van der Waals surface area contributed by atoms with Gasteiger partial charge in [0.05, 0.1) is 4.90 Å². The largest absolute Gasteiger partial charge is 0.389 e. The van der Waals surface area contributed by atoms with Crippen LogP contribution in [0, 0.1) is 6.92 Å². The number of nitrogens with one attached hydrogen (secondary N) is 1. The van der Waals surface area contributed by atoms with Gasteiger partial charge in [-0.1, -0.05) is 18.3 Å². The fourth-order valence-corrected chi connectivity index (χ4v) is 3.79. The average molecular weight is 326 g/mol. The van der Waals surface area contributed by atoms with Gasteiger partial charge in [0.2, 0.25) is 10.0 Å². The minimum absolute atomic E-state index is 0.243. The zero-order chi connectivity index (χ0) is 14.8. The van der Waals surface area contributed by atoms with Crippen molar-refractivity contribution in [1.82, 2.24) is 4.72 Å². The molecule has 106 valence electrons. The standard InChI is InChI=1S/C13H14N2O2S3/c1-9-6-11(13(14)18)2-3-12(9)20(16,17)15-7-10-4-5-19-8-10/h2-6,8,15H,7H2,1H3,(H2,14,18). The summed E-state index contributed by atoms with van der Waals surface area (Å²) in [5, 5.41) is 3.82. The van der Waals surface area contributed by atoms with Crippen molar-refractivity contribution < 1.29 is 8.42 Å². The van der Waals surface area contributed by atoms with Crippen LogP contribution in [0.1, 0.15) is 16.7 Å². The molecule has 0 bridgehead atoms. The Morgan fingerprint density at radius 3 is 2.70 bits per heavy atom. The Morgan fingerprint density at radius 2 is 2.15 bits per heavy atom. The third-order valence-electron chi connectivity index (χ3n) is 2.80. The fourth-order valence-electron chi connectivity index (χ4n) is 1.75. The number of aryl methyl sites for hydroxylation is 1. The predicted molar refractivity (Wildman–Crippen MR) is 85.4 cm³/mol. The monoisotopic (exact) mass is 326 g/mol. The van der Waals surface area contributed by atoms with Gasteiger partial charge in [-0.3, -0.25) is 0 Å². The molecule has 0 fully saturated rings. The summed E-state index contributed by atoms with van der Waals surface area (Å²) in [7, 11) is -3.54. The molecule has 0 saturated carbocycles. The molecule has 20 heavy (non-hydrogen) atoms. The maximum absolute atomic E-state index is 12.3. The highest BCUT2D eigenvalue weighted by atomic mass is 32.2. The lowest BCUT2D eigenvalue weighted by Gasteiger charge is -2.10. The number of thiophene rings is 1. The summed E-state index contributed by atoms with van der Waals surface area (Å²) in [6.07, 6.45) is 0. The third-order valence-corrected chi connectivity index (χ3v) is 5.32. The van der Waals surface area contributed by atoms with Crippen LogP contribution in [0.4, 0.5) is 0 Å². The van der Waals surface area contributed by atoms with Crippen LogP contribution in [0.5, 0.6) is 0 Å². The molecule has 0 saturated heterocycles. The highest BCUT2D eigenvalue weighted by molar-refractivity contribution is 7.89. The van der Waals surface area contributed by atoms with Crippen molar-refractivity contribution in [3.63, 3.8) is 0 Å². The molecule has 0 aliphatic rings. The summed E-state index contributed by atoms with van der Waals surface area (Å²) in [6.45, 7) is 2.00. The number of rotatable bonds is 5. The van der Waals surface area contributed by atoms with E-state index in [-0.39, 0.29) is 16.4 Å². The molecule has 4 nitrogen and oxygen atoms in total. The number of benzene rings is 1. The molecule has 1 aromatic carbocycles. The lowest BCUT2D eigenvalue weighted by atomic mass is 10.1. The molecule has 2 aromatic rings. The van der Waals surface area contributed by atoms with Crippen molar-refractivity contribution >= 4 is 38.6 Å². The van der Waals surface area contributed by atoms with Crippen molar-refractivity contribution in [3.8, 4) is 0 Å². The van der Waals surface area contributed by atoms with Gasteiger partial charge in [0, 0.05) is 12.1 Å². The van der Waals surface area contributed by atoms with E-state index in [0.717, 1.165) is 5.56 Å². The molecule has 0 unspecified atom stereocenters. The van der Waals surface area contributed by atoms with Gasteiger partial charge in [0.25, 0.3) is 0 Å². The first-order valence-electron chi connectivity index (χ1n) is 5.81. The van der Waals surface area contributed by atoms with Gasteiger partial charge < -0.3 is 5.73 Å². The first kappa shape index (κ1) is 15.1. The molecule has 1 heterocycles. The summed E-state index contributed by atoms with van der Waals surface area (Å²) >= 11 is 6.41. The molecule has 0 spiro atoms. The van der Waals surface area contributed by atoms with Crippen molar-refractivity contribution in [2.24, 2.45) is 5.73 Å². The Balaban J connectivity index is 2.23. The minimum atomic E-state index is -3.54. The van der Waals surface area contributed by atoms with Gasteiger partial charge in [0.15, 0.2) is 0 Å². The van der Waals surface area contributed by atoms with E-state index in [0.29, 0.717) is 11.1 Å². The molecule has 0 radical (unpaired) electrons. The first-order valence-corrected chi connectivity index (χ1v) is 8.65. The molecule has 0 aliphatic carbocycles. The average Bonchev–Trinajstić information content (AvgIpc) is 2.89. The number of hydrogen-bond donors (Lipinski definition) is 2. The van der Waals surface area contributed by atoms with Crippen LogP contribution < -0.4 is 10.5 Å². The second-order valence-corrected chi connectivity index (χ2v) is 7.26. The van der Waals surface area contributed by atoms with Crippen LogP contribution in [-0.2, 0) is 16.6 Å². The molecule has 0 amide bonds. The van der Waals surface area contributed by atoms with Crippen molar-refractivity contribution in [2.75, 3.05) is 0 Å². The van der Waals surface area contributed by atoms with Crippen molar-refractivity contribution in [3.05, 3.63) is 51.7 Å². The van der Waals surface area contributed by atoms with E-state index in [9.17, 15) is 8.42 Å². The third kappa shape index (κ3) is 3.43. The van der Waals surface area contributed by atoms with E-state index in [4.69, 9.17) is 18.0 Å². The quantitative estimate of drug-likeness (QED) is 0.826. The molecular weight excluding hydrogens is 312 g/mol. The molecule has 0 atom stereocenters. The van der Waals surface area contributed by atoms with Crippen LogP contribution in [-0.4, -0.2) is 13.4 Å². The Morgan fingerprint density at radius 1 is 1.40 bits per heavy atom. The molecular formula is C13H14N2O2S3. The summed E-state index contributed by atoms with van der Waals surface area (Å²) in [6, 6.07) is 6.71. The van der Waals surface area contributed by atoms with E-state index in [2.05, 4.69) is 4.72 Å². The van der Waals surface area contributed by atoms with Gasteiger partial charge >= 0.3 is 0 Å². The lowest BCUT2D eigenvalue weighted by molar-refractivity contribution is 0.581. The van der Waals surface area contributed by atoms with Crippen LogP contribution in [0.15, 0.2) is 39.9 Å². The maximum atomic E-state index is 12.3.